The van der Waals surface area contributed by atoms with Crippen molar-refractivity contribution >= 4 is 5.69 Å². The van der Waals surface area contributed by atoms with E-state index in [1.807, 2.05) is 19.1 Å². The molecule has 2 aromatic rings. The summed E-state index contributed by atoms with van der Waals surface area (Å²) in [7, 11) is 1.70. The van der Waals surface area contributed by atoms with Gasteiger partial charge in [-0.05, 0) is 18.6 Å². The molecule has 3 nitrogen and oxygen atoms in total. The Morgan fingerprint density at radius 1 is 1.19 bits per heavy atom. The second-order valence-electron chi connectivity index (χ2n) is 4.53. The van der Waals surface area contributed by atoms with Gasteiger partial charge in [-0.2, -0.15) is 0 Å². The molecule has 0 aliphatic rings. The number of alkyl halides is 2. The fourth-order valence-electron chi connectivity index (χ4n) is 2.09. The van der Waals surface area contributed by atoms with Crippen molar-refractivity contribution in [3.8, 4) is 5.88 Å². The average Bonchev–Trinajstić information content (AvgIpc) is 2.52. The standard InChI is InChI=1S/C16H18F2N2O/c1-3-11-6-4-9-15(20-11)21-10-13-12(16(17)18)7-5-8-14(13)19-2/h4-9,16,19H,3,10H2,1-2H3. The lowest BCUT2D eigenvalue weighted by Crippen LogP contribution is -2.06. The minimum Gasteiger partial charge on any atom is -0.473 e. The van der Waals surface area contributed by atoms with Crippen LogP contribution >= 0.6 is 0 Å². The van der Waals surface area contributed by atoms with Crippen LogP contribution in [0, 0.1) is 0 Å². The third-order valence-corrected chi connectivity index (χ3v) is 3.22. The quantitative estimate of drug-likeness (QED) is 0.866. The molecule has 1 N–H and O–H groups in total. The molecular weight excluding hydrogens is 274 g/mol. The van der Waals surface area contributed by atoms with E-state index in [0.717, 1.165) is 12.1 Å². The first-order valence-electron chi connectivity index (χ1n) is 6.82. The molecule has 0 aliphatic heterocycles. The molecule has 0 saturated heterocycles. The number of nitrogens with zero attached hydrogens (tertiary/aromatic N) is 1. The van der Waals surface area contributed by atoms with E-state index >= 15 is 0 Å². The van der Waals surface area contributed by atoms with Gasteiger partial charge in [0.05, 0.1) is 0 Å². The van der Waals surface area contributed by atoms with Crippen molar-refractivity contribution in [3.05, 3.63) is 53.2 Å². The highest BCUT2D eigenvalue weighted by molar-refractivity contribution is 5.54. The summed E-state index contributed by atoms with van der Waals surface area (Å²) in [6, 6.07) is 10.2. The molecule has 5 heteroatoms. The van der Waals surface area contributed by atoms with Crippen LogP contribution in [0.5, 0.6) is 5.88 Å². The second-order valence-corrected chi connectivity index (χ2v) is 4.53. The van der Waals surface area contributed by atoms with E-state index in [9.17, 15) is 8.78 Å². The smallest absolute Gasteiger partial charge is 0.264 e. The Bertz CT molecular complexity index is 603. The lowest BCUT2D eigenvalue weighted by Gasteiger charge is -2.15. The number of hydrogen-bond acceptors (Lipinski definition) is 3. The molecule has 1 aromatic heterocycles. The Balaban J connectivity index is 2.22. The summed E-state index contributed by atoms with van der Waals surface area (Å²) in [6.45, 7) is 2.05. The van der Waals surface area contributed by atoms with Crippen LogP contribution in [0.1, 0.15) is 30.2 Å². The predicted octanol–water partition coefficient (Wildman–Crippen LogP) is 4.20. The van der Waals surface area contributed by atoms with Gasteiger partial charge >= 0.3 is 0 Å². The Morgan fingerprint density at radius 2 is 1.95 bits per heavy atom. The summed E-state index contributed by atoms with van der Waals surface area (Å²) in [5.74, 6) is 0.445. The van der Waals surface area contributed by atoms with Crippen LogP contribution in [0.25, 0.3) is 0 Å². The first kappa shape index (κ1) is 15.2. The van der Waals surface area contributed by atoms with Gasteiger partial charge in [0.25, 0.3) is 6.43 Å². The zero-order valence-corrected chi connectivity index (χ0v) is 12.1. The number of rotatable bonds is 6. The molecule has 0 amide bonds. The maximum Gasteiger partial charge on any atom is 0.264 e. The number of aryl methyl sites for hydroxylation is 1. The molecule has 0 fully saturated rings. The minimum absolute atomic E-state index is 0.0199. The van der Waals surface area contributed by atoms with Gasteiger partial charge in [0.1, 0.15) is 6.61 Å². The van der Waals surface area contributed by atoms with E-state index < -0.39 is 6.43 Å². The summed E-state index contributed by atoms with van der Waals surface area (Å²) >= 11 is 0. The lowest BCUT2D eigenvalue weighted by molar-refractivity contribution is 0.148. The summed E-state index contributed by atoms with van der Waals surface area (Å²) in [4.78, 5) is 4.31. The number of anilines is 1. The van der Waals surface area contributed by atoms with Crippen LogP contribution < -0.4 is 10.1 Å². The van der Waals surface area contributed by atoms with Crippen LogP contribution in [-0.4, -0.2) is 12.0 Å². The summed E-state index contributed by atoms with van der Waals surface area (Å²) in [5, 5.41) is 2.92. The summed E-state index contributed by atoms with van der Waals surface area (Å²) in [5.41, 5.74) is 1.98. The highest BCUT2D eigenvalue weighted by atomic mass is 19.3. The van der Waals surface area contributed by atoms with Crippen LogP contribution in [0.4, 0.5) is 14.5 Å². The van der Waals surface area contributed by atoms with Gasteiger partial charge in [0, 0.05) is 35.6 Å². The van der Waals surface area contributed by atoms with Crippen LogP contribution in [0.15, 0.2) is 36.4 Å². The number of hydrogen-bond donors (Lipinski definition) is 1. The highest BCUT2D eigenvalue weighted by Crippen LogP contribution is 2.29. The van der Waals surface area contributed by atoms with Crippen LogP contribution in [0.2, 0.25) is 0 Å². The summed E-state index contributed by atoms with van der Waals surface area (Å²) in [6.07, 6.45) is -1.74. The van der Waals surface area contributed by atoms with E-state index in [2.05, 4.69) is 10.3 Å². The fraction of sp³-hybridized carbons (Fsp3) is 0.312. The van der Waals surface area contributed by atoms with Crippen molar-refractivity contribution in [3.63, 3.8) is 0 Å². The van der Waals surface area contributed by atoms with E-state index in [1.54, 1.807) is 25.2 Å². The maximum atomic E-state index is 13.1. The van der Waals surface area contributed by atoms with Gasteiger partial charge in [0.15, 0.2) is 0 Å². The molecule has 0 spiro atoms. The van der Waals surface area contributed by atoms with Crippen LogP contribution in [0.3, 0.4) is 0 Å². The van der Waals surface area contributed by atoms with E-state index in [-0.39, 0.29) is 12.2 Å². The normalized spacial score (nSPS) is 10.7. The van der Waals surface area contributed by atoms with Gasteiger partial charge in [-0.15, -0.1) is 0 Å². The molecule has 0 saturated carbocycles. The SMILES string of the molecule is CCc1cccc(OCc2c(NC)cccc2C(F)F)n1. The highest BCUT2D eigenvalue weighted by Gasteiger charge is 2.16. The average molecular weight is 292 g/mol. The number of ether oxygens (including phenoxy) is 1. The number of halogens is 2. The Morgan fingerprint density at radius 3 is 2.62 bits per heavy atom. The van der Waals surface area contributed by atoms with Crippen molar-refractivity contribution in [2.45, 2.75) is 26.4 Å². The molecule has 21 heavy (non-hydrogen) atoms. The van der Waals surface area contributed by atoms with E-state index in [1.165, 1.54) is 6.07 Å². The van der Waals surface area contributed by atoms with Gasteiger partial charge in [-0.1, -0.05) is 25.1 Å². The minimum atomic E-state index is -2.54. The first-order valence-corrected chi connectivity index (χ1v) is 6.82. The molecule has 0 radical (unpaired) electrons. The topological polar surface area (TPSA) is 34.1 Å². The number of aromatic nitrogens is 1. The van der Waals surface area contributed by atoms with E-state index in [0.29, 0.717) is 17.1 Å². The van der Waals surface area contributed by atoms with Crippen molar-refractivity contribution < 1.29 is 13.5 Å². The molecule has 0 bridgehead atoms. The van der Waals surface area contributed by atoms with Gasteiger partial charge in [0.2, 0.25) is 5.88 Å². The van der Waals surface area contributed by atoms with Crippen molar-refractivity contribution in [2.24, 2.45) is 0 Å². The molecular formula is C16H18F2N2O. The molecule has 0 unspecified atom stereocenters. The number of nitrogens with one attached hydrogen (secondary N) is 1. The lowest BCUT2D eigenvalue weighted by atomic mass is 10.1. The fourth-order valence-corrected chi connectivity index (χ4v) is 2.09. The summed E-state index contributed by atoms with van der Waals surface area (Å²) < 4.78 is 31.8. The van der Waals surface area contributed by atoms with Gasteiger partial charge < -0.3 is 10.1 Å². The zero-order chi connectivity index (χ0) is 15.2. The van der Waals surface area contributed by atoms with Gasteiger partial charge in [-0.25, -0.2) is 13.8 Å². The number of pyridine rings is 1. The maximum absolute atomic E-state index is 13.1. The van der Waals surface area contributed by atoms with Crippen LogP contribution in [-0.2, 0) is 13.0 Å². The second kappa shape index (κ2) is 7.02. The monoisotopic (exact) mass is 292 g/mol. The molecule has 0 aliphatic carbocycles. The van der Waals surface area contributed by atoms with Gasteiger partial charge in [-0.3, -0.25) is 0 Å². The Hall–Kier alpha value is -2.17. The zero-order valence-electron chi connectivity index (χ0n) is 12.1. The molecule has 2 rings (SSSR count). The first-order chi connectivity index (χ1) is 10.2. The van der Waals surface area contributed by atoms with Crippen molar-refractivity contribution in [2.75, 3.05) is 12.4 Å². The molecule has 112 valence electrons. The van der Waals surface area contributed by atoms with Crippen molar-refractivity contribution in [1.29, 1.82) is 0 Å². The largest absolute Gasteiger partial charge is 0.473 e. The predicted molar refractivity (Wildman–Crippen MR) is 78.9 cm³/mol. The molecule has 1 aromatic carbocycles. The number of benzene rings is 1. The van der Waals surface area contributed by atoms with Crippen molar-refractivity contribution in [1.82, 2.24) is 4.98 Å². The third kappa shape index (κ3) is 3.68. The Labute approximate surface area is 123 Å². The molecule has 1 heterocycles. The molecule has 0 atom stereocenters. The third-order valence-electron chi connectivity index (χ3n) is 3.22. The Kier molecular flexibility index (Phi) is 5.09. The van der Waals surface area contributed by atoms with E-state index in [4.69, 9.17) is 4.74 Å².